The minimum absolute atomic E-state index is 0.0586. The monoisotopic (exact) mass is 344 g/mol. The molecular formula is C9H14Br2O4. The highest BCUT2D eigenvalue weighted by atomic mass is 79.9. The van der Waals surface area contributed by atoms with Crippen LogP contribution in [-0.2, 0) is 19.1 Å². The molecular weight excluding hydrogens is 332 g/mol. The lowest BCUT2D eigenvalue weighted by molar-refractivity contribution is -0.166. The highest BCUT2D eigenvalue weighted by Gasteiger charge is 2.10. The lowest BCUT2D eigenvalue weighted by Gasteiger charge is -2.07. The van der Waals surface area contributed by atoms with Gasteiger partial charge in [-0.1, -0.05) is 45.7 Å². The molecule has 0 fully saturated rings. The molecule has 0 rings (SSSR count). The molecule has 2 unspecified atom stereocenters. The van der Waals surface area contributed by atoms with E-state index in [1.807, 2.05) is 13.8 Å². The van der Waals surface area contributed by atoms with E-state index in [0.29, 0.717) is 0 Å². The van der Waals surface area contributed by atoms with Gasteiger partial charge in [-0.2, -0.15) is 0 Å². The van der Waals surface area contributed by atoms with Crippen LogP contribution in [0.25, 0.3) is 0 Å². The molecule has 0 aromatic heterocycles. The maximum Gasteiger partial charge on any atom is 0.309 e. The van der Waals surface area contributed by atoms with E-state index < -0.39 is 0 Å². The quantitative estimate of drug-likeness (QED) is 0.421. The molecule has 6 heteroatoms. The van der Waals surface area contributed by atoms with Gasteiger partial charge in [-0.3, -0.25) is 9.59 Å². The Morgan fingerprint density at radius 2 is 1.33 bits per heavy atom. The summed E-state index contributed by atoms with van der Waals surface area (Å²) < 4.78 is 9.36. The molecule has 88 valence electrons. The van der Waals surface area contributed by atoms with E-state index in [-0.39, 0.29) is 41.2 Å². The Kier molecular flexibility index (Phi) is 8.04. The Labute approximate surface area is 106 Å². The number of halogens is 2. The van der Waals surface area contributed by atoms with Crippen molar-refractivity contribution in [1.82, 2.24) is 0 Å². The predicted octanol–water partition coefficient (Wildman–Crippen LogP) is 2.38. The van der Waals surface area contributed by atoms with Crippen molar-refractivity contribution in [1.29, 1.82) is 0 Å². The first-order valence-corrected chi connectivity index (χ1v) is 6.34. The highest BCUT2D eigenvalue weighted by molar-refractivity contribution is 9.09. The van der Waals surface area contributed by atoms with Gasteiger partial charge < -0.3 is 9.47 Å². The Balaban J connectivity index is 3.53. The first-order valence-electron chi connectivity index (χ1n) is 4.51. The third-order valence-corrected chi connectivity index (χ3v) is 1.98. The maximum atomic E-state index is 11.0. The summed E-state index contributed by atoms with van der Waals surface area (Å²) in [5.74, 6) is -0.780. The second kappa shape index (κ2) is 8.10. The zero-order valence-electron chi connectivity index (χ0n) is 8.66. The van der Waals surface area contributed by atoms with Crippen molar-refractivity contribution in [3.8, 4) is 0 Å². The van der Waals surface area contributed by atoms with E-state index in [0.717, 1.165) is 0 Å². The number of rotatable bonds is 6. The third kappa shape index (κ3) is 10.2. The Bertz CT molecular complexity index is 194. The van der Waals surface area contributed by atoms with Gasteiger partial charge in [-0.05, 0) is 0 Å². The van der Waals surface area contributed by atoms with Crippen LogP contribution in [0.2, 0.25) is 0 Å². The zero-order valence-corrected chi connectivity index (χ0v) is 11.8. The van der Waals surface area contributed by atoms with E-state index in [1.54, 1.807) is 0 Å². The summed E-state index contributed by atoms with van der Waals surface area (Å²) in [6.45, 7) is 3.36. The number of hydrogen-bond acceptors (Lipinski definition) is 4. The summed E-state index contributed by atoms with van der Waals surface area (Å²) in [5, 5.41) is 0. The predicted molar refractivity (Wildman–Crippen MR) is 63.1 cm³/mol. The van der Waals surface area contributed by atoms with Gasteiger partial charge in [0.2, 0.25) is 6.79 Å². The van der Waals surface area contributed by atoms with Crippen LogP contribution in [0.1, 0.15) is 26.7 Å². The number of carbonyl (C=O) groups excluding carboxylic acids is 2. The number of ether oxygens (including phenoxy) is 2. The number of esters is 2. The molecule has 4 nitrogen and oxygen atoms in total. The molecule has 2 atom stereocenters. The van der Waals surface area contributed by atoms with Crippen molar-refractivity contribution in [3.05, 3.63) is 0 Å². The van der Waals surface area contributed by atoms with Crippen molar-refractivity contribution in [2.75, 3.05) is 6.79 Å². The molecule has 0 aliphatic carbocycles. The third-order valence-electron chi connectivity index (χ3n) is 1.34. The molecule has 0 saturated carbocycles. The van der Waals surface area contributed by atoms with E-state index >= 15 is 0 Å². The van der Waals surface area contributed by atoms with Gasteiger partial charge in [-0.15, -0.1) is 0 Å². The summed E-state index contributed by atoms with van der Waals surface area (Å²) in [6, 6.07) is 0. The van der Waals surface area contributed by atoms with Gasteiger partial charge in [0.1, 0.15) is 0 Å². The molecule has 0 radical (unpaired) electrons. The van der Waals surface area contributed by atoms with Crippen LogP contribution in [0.5, 0.6) is 0 Å². The van der Waals surface area contributed by atoms with Crippen LogP contribution < -0.4 is 0 Å². The van der Waals surface area contributed by atoms with Gasteiger partial charge in [0, 0.05) is 9.65 Å². The molecule has 0 heterocycles. The van der Waals surface area contributed by atoms with Crippen molar-refractivity contribution < 1.29 is 19.1 Å². The lowest BCUT2D eigenvalue weighted by atomic mass is 10.3. The molecule has 15 heavy (non-hydrogen) atoms. The van der Waals surface area contributed by atoms with Gasteiger partial charge in [-0.25, -0.2) is 0 Å². The van der Waals surface area contributed by atoms with Gasteiger partial charge >= 0.3 is 11.9 Å². The van der Waals surface area contributed by atoms with Crippen LogP contribution in [0, 0.1) is 0 Å². The van der Waals surface area contributed by atoms with Crippen molar-refractivity contribution in [3.63, 3.8) is 0 Å². The highest BCUT2D eigenvalue weighted by Crippen LogP contribution is 2.06. The normalized spacial score (nSPS) is 14.1. The Hall–Kier alpha value is -0.100. The zero-order chi connectivity index (χ0) is 11.8. The fourth-order valence-electron chi connectivity index (χ4n) is 0.738. The molecule has 0 spiro atoms. The SMILES string of the molecule is CC(Br)CC(=O)OCOC(=O)CC(C)Br. The van der Waals surface area contributed by atoms with Crippen LogP contribution in [0.4, 0.5) is 0 Å². The lowest BCUT2D eigenvalue weighted by Crippen LogP contribution is -2.15. The standard InChI is InChI=1S/C9H14Br2O4/c1-6(10)3-8(12)14-5-15-9(13)4-7(2)11/h6-7H,3-5H2,1-2H3. The van der Waals surface area contributed by atoms with Crippen LogP contribution >= 0.6 is 31.9 Å². The minimum Gasteiger partial charge on any atom is -0.428 e. The van der Waals surface area contributed by atoms with Crippen molar-refractivity contribution >= 4 is 43.8 Å². The van der Waals surface area contributed by atoms with Crippen molar-refractivity contribution in [2.45, 2.75) is 36.3 Å². The van der Waals surface area contributed by atoms with Gasteiger partial charge in [0.05, 0.1) is 12.8 Å². The molecule has 0 amide bonds. The van der Waals surface area contributed by atoms with E-state index in [4.69, 9.17) is 0 Å². The largest absolute Gasteiger partial charge is 0.428 e. The molecule has 0 aromatic rings. The Morgan fingerprint density at radius 1 is 1.00 bits per heavy atom. The number of alkyl halides is 2. The van der Waals surface area contributed by atoms with Crippen LogP contribution in [0.3, 0.4) is 0 Å². The van der Waals surface area contributed by atoms with Crippen LogP contribution in [-0.4, -0.2) is 28.4 Å². The smallest absolute Gasteiger partial charge is 0.309 e. The first kappa shape index (κ1) is 14.9. The fraction of sp³-hybridized carbons (Fsp3) is 0.778. The molecule has 0 bridgehead atoms. The molecule has 0 aliphatic rings. The molecule has 0 aromatic carbocycles. The molecule has 0 saturated heterocycles. The van der Waals surface area contributed by atoms with E-state index in [1.165, 1.54) is 0 Å². The number of carbonyl (C=O) groups is 2. The van der Waals surface area contributed by atoms with Crippen molar-refractivity contribution in [2.24, 2.45) is 0 Å². The maximum absolute atomic E-state index is 11.0. The summed E-state index contributed by atoms with van der Waals surface area (Å²) in [4.78, 5) is 22.1. The van der Waals surface area contributed by atoms with E-state index in [2.05, 4.69) is 41.3 Å². The van der Waals surface area contributed by atoms with Gasteiger partial charge in [0.25, 0.3) is 0 Å². The summed E-state index contributed by atoms with van der Waals surface area (Å²) in [7, 11) is 0. The first-order chi connectivity index (χ1) is 6.91. The average Bonchev–Trinajstić information content (AvgIpc) is 2.00. The second-order valence-corrected chi connectivity index (χ2v) is 6.25. The summed E-state index contributed by atoms with van der Waals surface area (Å²) in [6.07, 6.45) is 0.513. The summed E-state index contributed by atoms with van der Waals surface area (Å²) in [5.41, 5.74) is 0. The minimum atomic E-state index is -0.390. The average molecular weight is 346 g/mol. The Morgan fingerprint density at radius 3 is 1.60 bits per heavy atom. The summed E-state index contributed by atoms with van der Waals surface area (Å²) >= 11 is 6.43. The van der Waals surface area contributed by atoms with E-state index in [9.17, 15) is 9.59 Å². The number of hydrogen-bond donors (Lipinski definition) is 0. The van der Waals surface area contributed by atoms with Gasteiger partial charge in [0.15, 0.2) is 0 Å². The molecule has 0 N–H and O–H groups in total. The van der Waals surface area contributed by atoms with Crippen LogP contribution in [0.15, 0.2) is 0 Å². The second-order valence-electron chi connectivity index (χ2n) is 3.12. The fourth-order valence-corrected chi connectivity index (χ4v) is 1.27. The molecule has 0 aliphatic heterocycles. The topological polar surface area (TPSA) is 52.6 Å².